The van der Waals surface area contributed by atoms with Gasteiger partial charge in [-0.25, -0.2) is 9.40 Å². The number of nitrogens with zero attached hydrogens (tertiary/aromatic N) is 4. The van der Waals surface area contributed by atoms with Crippen LogP contribution in [-0.4, -0.2) is 65.1 Å². The molecule has 0 aliphatic carbocycles. The van der Waals surface area contributed by atoms with Crippen molar-refractivity contribution in [2.24, 2.45) is 0 Å². The highest BCUT2D eigenvalue weighted by Crippen LogP contribution is 2.22. The van der Waals surface area contributed by atoms with Gasteiger partial charge in [-0.2, -0.15) is 0 Å². The molecule has 2 aliphatic heterocycles. The average molecular weight is 479 g/mol. The highest BCUT2D eigenvalue weighted by Gasteiger charge is 2.21. The van der Waals surface area contributed by atoms with E-state index in [4.69, 9.17) is 0 Å². The Kier molecular flexibility index (Phi) is 6.79. The van der Waals surface area contributed by atoms with E-state index in [-0.39, 0.29) is 11.1 Å². The zero-order valence-corrected chi connectivity index (χ0v) is 20.0. The Labute approximate surface area is 203 Å². The maximum Gasteiger partial charge on any atom is 0.268 e. The molecule has 1 aromatic carbocycles. The second-order valence-corrected chi connectivity index (χ2v) is 9.32. The minimum absolute atomic E-state index is 0.0562. The van der Waals surface area contributed by atoms with Crippen LogP contribution in [0.25, 0.3) is 11.0 Å². The van der Waals surface area contributed by atoms with Crippen LogP contribution < -0.4 is 15.9 Å². The lowest BCUT2D eigenvalue weighted by atomic mass is 10.1. The number of hydrogen-bond acceptors (Lipinski definition) is 6. The van der Waals surface area contributed by atoms with Gasteiger partial charge in [0, 0.05) is 63.3 Å². The third-order valence-corrected chi connectivity index (χ3v) is 6.91. The summed E-state index contributed by atoms with van der Waals surface area (Å²) in [7, 11) is 0. The van der Waals surface area contributed by atoms with E-state index in [1.54, 1.807) is 6.07 Å². The molecule has 0 spiro atoms. The summed E-state index contributed by atoms with van der Waals surface area (Å²) >= 11 is 0. The smallest absolute Gasteiger partial charge is 0.268 e. The number of piperazine rings is 1. The van der Waals surface area contributed by atoms with Gasteiger partial charge in [-0.15, -0.1) is 0 Å². The van der Waals surface area contributed by atoms with E-state index in [0.29, 0.717) is 6.42 Å². The number of pyridine rings is 2. The quantitative estimate of drug-likeness (QED) is 0.567. The molecule has 0 unspecified atom stereocenters. The number of rotatable bonds is 6. The van der Waals surface area contributed by atoms with Crippen molar-refractivity contribution in [2.45, 2.75) is 32.7 Å². The largest absolute Gasteiger partial charge is 0.369 e. The molecule has 2 aliphatic rings. The second-order valence-electron chi connectivity index (χ2n) is 9.32. The van der Waals surface area contributed by atoms with Crippen LogP contribution in [0.4, 0.5) is 10.1 Å². The van der Waals surface area contributed by atoms with Crippen molar-refractivity contribution in [1.29, 1.82) is 0 Å². The summed E-state index contributed by atoms with van der Waals surface area (Å²) in [6.07, 6.45) is 4.64. The first kappa shape index (κ1) is 23.4. The van der Waals surface area contributed by atoms with Gasteiger partial charge >= 0.3 is 0 Å². The third-order valence-electron chi connectivity index (χ3n) is 6.91. The predicted molar refractivity (Wildman–Crippen MR) is 134 cm³/mol. The van der Waals surface area contributed by atoms with Gasteiger partial charge in [0.25, 0.3) is 11.5 Å². The normalized spacial score (nSPS) is 17.3. The first-order valence-corrected chi connectivity index (χ1v) is 12.3. The fourth-order valence-corrected chi connectivity index (χ4v) is 4.86. The number of aromatic nitrogens is 2. The number of H-pyrrole nitrogens is 1. The van der Waals surface area contributed by atoms with E-state index < -0.39 is 11.7 Å². The third kappa shape index (κ3) is 5.21. The first-order valence-electron chi connectivity index (χ1n) is 12.3. The number of amides is 1. The molecule has 2 saturated heterocycles. The van der Waals surface area contributed by atoms with Gasteiger partial charge in [-0.05, 0) is 55.2 Å². The molecule has 5 rings (SSSR count). The van der Waals surface area contributed by atoms with Crippen molar-refractivity contribution >= 4 is 22.6 Å². The van der Waals surface area contributed by atoms with Crippen molar-refractivity contribution in [3.05, 3.63) is 69.4 Å². The lowest BCUT2D eigenvalue weighted by Gasteiger charge is -2.36. The SMILES string of the molecule is CCc1cc2ncc(CN3CCN(c4ccc(C(=O)NN5CCCC5)c(F)c4)CC3)cc2[nH]c1=O. The number of hydrogen-bond donors (Lipinski definition) is 2. The molecule has 3 aromatic rings. The maximum atomic E-state index is 14.7. The van der Waals surface area contributed by atoms with Gasteiger partial charge in [0.05, 0.1) is 16.6 Å². The maximum absolute atomic E-state index is 14.7. The summed E-state index contributed by atoms with van der Waals surface area (Å²) in [5.41, 5.74) is 6.95. The summed E-state index contributed by atoms with van der Waals surface area (Å²) in [5, 5.41) is 1.85. The number of carbonyl (C=O) groups is 1. The fourth-order valence-electron chi connectivity index (χ4n) is 4.86. The van der Waals surface area contributed by atoms with E-state index >= 15 is 0 Å². The number of aromatic amines is 1. The number of fused-ring (bicyclic) bond motifs is 1. The summed E-state index contributed by atoms with van der Waals surface area (Å²) in [4.78, 5) is 36.5. The molecule has 0 bridgehead atoms. The van der Waals surface area contributed by atoms with Crippen molar-refractivity contribution in [1.82, 2.24) is 25.3 Å². The molecule has 8 nitrogen and oxygen atoms in total. The number of hydrazine groups is 1. The van der Waals surface area contributed by atoms with Crippen LogP contribution in [0.1, 0.15) is 41.3 Å². The topological polar surface area (TPSA) is 84.6 Å². The molecule has 0 radical (unpaired) electrons. The van der Waals surface area contributed by atoms with Gasteiger partial charge in [0.2, 0.25) is 0 Å². The Morgan fingerprint density at radius 1 is 1.09 bits per heavy atom. The molecule has 35 heavy (non-hydrogen) atoms. The molecule has 2 aromatic heterocycles. The molecule has 2 fully saturated rings. The number of carbonyl (C=O) groups excluding carboxylic acids is 1. The van der Waals surface area contributed by atoms with Crippen LogP contribution in [-0.2, 0) is 13.0 Å². The van der Waals surface area contributed by atoms with Crippen LogP contribution in [0.15, 0.2) is 41.3 Å². The number of aryl methyl sites for hydroxylation is 1. The second kappa shape index (κ2) is 10.1. The number of benzene rings is 1. The highest BCUT2D eigenvalue weighted by molar-refractivity contribution is 5.94. The predicted octanol–water partition coefficient (Wildman–Crippen LogP) is 2.69. The lowest BCUT2D eigenvalue weighted by Crippen LogP contribution is -2.46. The molecule has 9 heteroatoms. The van der Waals surface area contributed by atoms with Crippen molar-refractivity contribution in [3.63, 3.8) is 0 Å². The molecule has 1 amide bonds. The monoisotopic (exact) mass is 478 g/mol. The Morgan fingerprint density at radius 3 is 2.57 bits per heavy atom. The molecule has 4 heterocycles. The summed E-state index contributed by atoms with van der Waals surface area (Å²) in [5.74, 6) is -0.888. The van der Waals surface area contributed by atoms with Crippen LogP contribution in [0.3, 0.4) is 0 Å². The van der Waals surface area contributed by atoms with Gasteiger partial charge in [-0.3, -0.25) is 24.9 Å². The standard InChI is InChI=1S/C26H31FN6O2/c1-2-19-14-23-24(29-25(19)34)13-18(16-28-23)17-31-9-11-32(12-10-31)20-5-6-21(22(27)15-20)26(35)30-33-7-3-4-8-33/h5-6,13-16H,2-4,7-12,17H2,1H3,(H,29,34)(H,30,35). The van der Waals surface area contributed by atoms with Gasteiger partial charge in [0.15, 0.2) is 0 Å². The van der Waals surface area contributed by atoms with E-state index in [0.717, 1.165) is 86.5 Å². The molecule has 0 saturated carbocycles. The van der Waals surface area contributed by atoms with Gasteiger partial charge in [0.1, 0.15) is 5.82 Å². The first-order chi connectivity index (χ1) is 17.0. The highest BCUT2D eigenvalue weighted by atomic mass is 19.1. The zero-order valence-electron chi connectivity index (χ0n) is 20.0. The van der Waals surface area contributed by atoms with E-state index in [2.05, 4.69) is 25.2 Å². The Balaban J connectivity index is 1.19. The minimum atomic E-state index is -0.496. The average Bonchev–Trinajstić information content (AvgIpc) is 3.37. The van der Waals surface area contributed by atoms with Gasteiger partial charge in [-0.1, -0.05) is 6.92 Å². The van der Waals surface area contributed by atoms with Crippen molar-refractivity contribution < 1.29 is 9.18 Å². The minimum Gasteiger partial charge on any atom is -0.369 e. The van der Waals surface area contributed by atoms with E-state index in [1.807, 2.05) is 36.3 Å². The molecule has 0 atom stereocenters. The Bertz CT molecular complexity index is 1280. The van der Waals surface area contributed by atoms with Crippen LogP contribution in [0, 0.1) is 5.82 Å². The molecule has 2 N–H and O–H groups in total. The lowest BCUT2D eigenvalue weighted by molar-refractivity contribution is 0.0821. The van der Waals surface area contributed by atoms with E-state index in [9.17, 15) is 14.0 Å². The summed E-state index contributed by atoms with van der Waals surface area (Å²) in [6.45, 7) is 7.47. The van der Waals surface area contributed by atoms with Crippen LogP contribution >= 0.6 is 0 Å². The molecular weight excluding hydrogens is 447 g/mol. The van der Waals surface area contributed by atoms with E-state index in [1.165, 1.54) is 6.07 Å². The van der Waals surface area contributed by atoms with Crippen LogP contribution in [0.5, 0.6) is 0 Å². The fraction of sp³-hybridized carbons (Fsp3) is 0.423. The Hall–Kier alpha value is -3.30. The van der Waals surface area contributed by atoms with Gasteiger partial charge < -0.3 is 9.88 Å². The Morgan fingerprint density at radius 2 is 1.86 bits per heavy atom. The number of anilines is 1. The van der Waals surface area contributed by atoms with Crippen LogP contribution in [0.2, 0.25) is 0 Å². The summed E-state index contributed by atoms with van der Waals surface area (Å²) in [6, 6.07) is 8.72. The number of halogens is 1. The molecular formula is C26H31FN6O2. The van der Waals surface area contributed by atoms with Crippen molar-refractivity contribution in [2.75, 3.05) is 44.2 Å². The summed E-state index contributed by atoms with van der Waals surface area (Å²) < 4.78 is 14.7. The van der Waals surface area contributed by atoms with Crippen molar-refractivity contribution in [3.8, 4) is 0 Å². The molecule has 184 valence electrons. The number of nitrogens with one attached hydrogen (secondary N) is 2. The zero-order chi connectivity index (χ0) is 24.4.